The summed E-state index contributed by atoms with van der Waals surface area (Å²) in [5.41, 5.74) is 2.70. The van der Waals surface area contributed by atoms with E-state index in [1.807, 2.05) is 21.0 Å². The van der Waals surface area contributed by atoms with Gasteiger partial charge in [-0.15, -0.1) is 0 Å². The Balaban J connectivity index is 2.26. The number of benzene rings is 1. The zero-order valence-electron chi connectivity index (χ0n) is 11.2. The summed E-state index contributed by atoms with van der Waals surface area (Å²) < 4.78 is 28.2. The smallest absolute Gasteiger partial charge is 0.126 e. The Morgan fingerprint density at radius 3 is 2.37 bits per heavy atom. The van der Waals surface area contributed by atoms with Crippen LogP contribution in [0.25, 0.3) is 0 Å². The van der Waals surface area contributed by atoms with Crippen molar-refractivity contribution in [1.29, 1.82) is 0 Å². The van der Waals surface area contributed by atoms with Gasteiger partial charge in [0.15, 0.2) is 0 Å². The van der Waals surface area contributed by atoms with Crippen molar-refractivity contribution >= 4 is 0 Å². The van der Waals surface area contributed by atoms with E-state index in [2.05, 4.69) is 10.4 Å². The quantitative estimate of drug-likeness (QED) is 0.920. The minimum Gasteiger partial charge on any atom is -0.313 e. The van der Waals surface area contributed by atoms with Crippen molar-refractivity contribution in [1.82, 2.24) is 15.1 Å². The second-order valence-corrected chi connectivity index (χ2v) is 4.63. The molecule has 2 rings (SSSR count). The molecule has 1 atom stereocenters. The number of nitrogens with one attached hydrogen (secondary N) is 1. The third-order valence-corrected chi connectivity index (χ3v) is 3.36. The van der Waals surface area contributed by atoms with Crippen LogP contribution < -0.4 is 5.32 Å². The van der Waals surface area contributed by atoms with Crippen molar-refractivity contribution in [2.45, 2.75) is 19.4 Å². The summed E-state index contributed by atoms with van der Waals surface area (Å²) >= 11 is 0. The minimum atomic E-state index is -0.548. The van der Waals surface area contributed by atoms with Gasteiger partial charge in [0.2, 0.25) is 0 Å². The highest BCUT2D eigenvalue weighted by atomic mass is 19.1. The monoisotopic (exact) mass is 265 g/mol. The number of nitrogens with zero attached hydrogens (tertiary/aromatic N) is 2. The first-order chi connectivity index (χ1) is 9.01. The molecule has 0 radical (unpaired) electrons. The van der Waals surface area contributed by atoms with Gasteiger partial charge < -0.3 is 5.32 Å². The Hall–Kier alpha value is -1.75. The van der Waals surface area contributed by atoms with E-state index in [1.165, 1.54) is 12.1 Å². The summed E-state index contributed by atoms with van der Waals surface area (Å²) in [7, 11) is 3.69. The molecule has 0 saturated carbocycles. The van der Waals surface area contributed by atoms with Gasteiger partial charge in [-0.2, -0.15) is 5.10 Å². The molecule has 0 aliphatic heterocycles. The van der Waals surface area contributed by atoms with Crippen LogP contribution in [0.3, 0.4) is 0 Å². The van der Waals surface area contributed by atoms with Crippen LogP contribution in [0.1, 0.15) is 22.9 Å². The molecule has 0 fully saturated rings. The van der Waals surface area contributed by atoms with E-state index in [9.17, 15) is 8.78 Å². The lowest BCUT2D eigenvalue weighted by Crippen LogP contribution is -2.19. The van der Waals surface area contributed by atoms with Crippen molar-refractivity contribution in [2.24, 2.45) is 7.05 Å². The predicted molar refractivity (Wildman–Crippen MR) is 69.8 cm³/mol. The molecule has 19 heavy (non-hydrogen) atoms. The van der Waals surface area contributed by atoms with Crippen molar-refractivity contribution in [3.63, 3.8) is 0 Å². The summed E-state index contributed by atoms with van der Waals surface area (Å²) in [6.45, 7) is 1.97. The van der Waals surface area contributed by atoms with Crippen molar-refractivity contribution in [3.05, 3.63) is 52.9 Å². The minimum absolute atomic E-state index is 0.0186. The van der Waals surface area contributed by atoms with Gasteiger partial charge >= 0.3 is 0 Å². The number of likely N-dealkylation sites (N-methyl/N-ethyl adjacent to an activating group) is 1. The number of aryl methyl sites for hydroxylation is 1. The van der Waals surface area contributed by atoms with Gasteiger partial charge in [0.05, 0.1) is 6.20 Å². The third-order valence-electron chi connectivity index (χ3n) is 3.36. The van der Waals surface area contributed by atoms with Gasteiger partial charge in [0, 0.05) is 30.4 Å². The SMILES string of the molecule is CNC(Cc1cc(F)cc(F)c1)c1cnn(C)c1C. The van der Waals surface area contributed by atoms with E-state index in [1.54, 1.807) is 10.9 Å². The highest BCUT2D eigenvalue weighted by molar-refractivity contribution is 5.25. The molecule has 0 aliphatic rings. The molecule has 1 heterocycles. The first-order valence-electron chi connectivity index (χ1n) is 6.12. The average molecular weight is 265 g/mol. The van der Waals surface area contributed by atoms with Crippen LogP contribution in [0.4, 0.5) is 8.78 Å². The lowest BCUT2D eigenvalue weighted by atomic mass is 9.99. The van der Waals surface area contributed by atoms with E-state index in [0.29, 0.717) is 12.0 Å². The lowest BCUT2D eigenvalue weighted by Gasteiger charge is -2.16. The van der Waals surface area contributed by atoms with Crippen LogP contribution in [0.5, 0.6) is 0 Å². The molecule has 2 aromatic rings. The van der Waals surface area contributed by atoms with E-state index < -0.39 is 11.6 Å². The fraction of sp³-hybridized carbons (Fsp3) is 0.357. The summed E-state index contributed by atoms with van der Waals surface area (Å²) in [4.78, 5) is 0. The number of rotatable bonds is 4. The molecular formula is C14H17F2N3. The number of aromatic nitrogens is 2. The molecule has 0 saturated heterocycles. The van der Waals surface area contributed by atoms with Crippen LogP contribution in [0.15, 0.2) is 24.4 Å². The second-order valence-electron chi connectivity index (χ2n) is 4.63. The van der Waals surface area contributed by atoms with E-state index in [4.69, 9.17) is 0 Å². The molecule has 0 bridgehead atoms. The molecule has 0 spiro atoms. The maximum atomic E-state index is 13.2. The van der Waals surface area contributed by atoms with Gasteiger partial charge in [-0.1, -0.05) is 0 Å². The Kier molecular flexibility index (Phi) is 3.95. The molecule has 3 nitrogen and oxygen atoms in total. The summed E-state index contributed by atoms with van der Waals surface area (Å²) in [5, 5.41) is 7.35. The van der Waals surface area contributed by atoms with E-state index >= 15 is 0 Å². The van der Waals surface area contributed by atoms with Gasteiger partial charge in [0.25, 0.3) is 0 Å². The normalized spacial score (nSPS) is 12.7. The van der Waals surface area contributed by atoms with Crippen LogP contribution in [0, 0.1) is 18.6 Å². The Morgan fingerprint density at radius 2 is 1.89 bits per heavy atom. The largest absolute Gasteiger partial charge is 0.313 e. The first kappa shape index (κ1) is 13.7. The lowest BCUT2D eigenvalue weighted by molar-refractivity contribution is 0.560. The summed E-state index contributed by atoms with van der Waals surface area (Å²) in [5.74, 6) is -1.10. The molecule has 0 amide bonds. The highest BCUT2D eigenvalue weighted by Crippen LogP contribution is 2.21. The maximum absolute atomic E-state index is 13.2. The summed E-state index contributed by atoms with van der Waals surface area (Å²) in [6.07, 6.45) is 2.30. The molecule has 1 unspecified atom stereocenters. The topological polar surface area (TPSA) is 29.9 Å². The second kappa shape index (κ2) is 5.48. The first-order valence-corrected chi connectivity index (χ1v) is 6.12. The third kappa shape index (κ3) is 2.98. The molecule has 1 aromatic heterocycles. The zero-order valence-corrected chi connectivity index (χ0v) is 11.2. The molecular weight excluding hydrogens is 248 g/mol. The number of halogens is 2. The standard InChI is InChI=1S/C14H17F2N3/c1-9-13(8-18-19(9)3)14(17-2)6-10-4-11(15)7-12(16)5-10/h4-5,7-8,14,17H,6H2,1-3H3. The van der Waals surface area contributed by atoms with Crippen LogP contribution in [-0.2, 0) is 13.5 Å². The van der Waals surface area contributed by atoms with Crippen molar-refractivity contribution in [3.8, 4) is 0 Å². The van der Waals surface area contributed by atoms with E-state index in [0.717, 1.165) is 17.3 Å². The van der Waals surface area contributed by atoms with Gasteiger partial charge in [-0.25, -0.2) is 8.78 Å². The fourth-order valence-electron chi connectivity index (χ4n) is 2.19. The maximum Gasteiger partial charge on any atom is 0.126 e. The Morgan fingerprint density at radius 1 is 1.26 bits per heavy atom. The predicted octanol–water partition coefficient (Wildman–Crippen LogP) is 2.51. The average Bonchev–Trinajstić information content (AvgIpc) is 2.66. The zero-order chi connectivity index (χ0) is 14.0. The van der Waals surface area contributed by atoms with Gasteiger partial charge in [-0.05, 0) is 38.1 Å². The molecule has 1 aromatic carbocycles. The number of hydrogen-bond donors (Lipinski definition) is 1. The molecule has 0 aliphatic carbocycles. The van der Waals surface area contributed by atoms with Crippen molar-refractivity contribution < 1.29 is 8.78 Å². The molecule has 5 heteroatoms. The van der Waals surface area contributed by atoms with Crippen LogP contribution in [-0.4, -0.2) is 16.8 Å². The van der Waals surface area contributed by atoms with Gasteiger partial charge in [-0.3, -0.25) is 4.68 Å². The fourth-order valence-corrected chi connectivity index (χ4v) is 2.19. The van der Waals surface area contributed by atoms with Crippen LogP contribution in [0.2, 0.25) is 0 Å². The van der Waals surface area contributed by atoms with Crippen LogP contribution >= 0.6 is 0 Å². The summed E-state index contributed by atoms with van der Waals surface area (Å²) in [6, 6.07) is 3.58. The number of hydrogen-bond acceptors (Lipinski definition) is 2. The van der Waals surface area contributed by atoms with E-state index in [-0.39, 0.29) is 6.04 Å². The Bertz CT molecular complexity index is 558. The highest BCUT2D eigenvalue weighted by Gasteiger charge is 2.16. The Labute approximate surface area is 111 Å². The molecule has 1 N–H and O–H groups in total. The van der Waals surface area contributed by atoms with Crippen molar-refractivity contribution in [2.75, 3.05) is 7.05 Å². The molecule has 102 valence electrons. The van der Waals surface area contributed by atoms with Gasteiger partial charge in [0.1, 0.15) is 11.6 Å².